The molecule has 4 heterocycles. The number of aryl methyl sites for hydroxylation is 1. The lowest BCUT2D eigenvalue weighted by atomic mass is 10.2. The lowest BCUT2D eigenvalue weighted by Gasteiger charge is -2.14. The molecule has 3 aromatic heterocycles. The molecule has 0 aromatic carbocycles. The smallest absolute Gasteiger partial charge is 0.192 e. The molecule has 162 valence electrons. The molecule has 7 nitrogen and oxygen atoms in total. The Hall–Kier alpha value is -2.71. The summed E-state index contributed by atoms with van der Waals surface area (Å²) in [4.78, 5) is 17.1. The van der Waals surface area contributed by atoms with Gasteiger partial charge in [-0.25, -0.2) is 0 Å². The van der Waals surface area contributed by atoms with Crippen molar-refractivity contribution in [3.05, 3.63) is 60.2 Å². The number of allylic oxidation sites excluding steroid dienone is 1. The highest BCUT2D eigenvalue weighted by atomic mass is 32.2. The summed E-state index contributed by atoms with van der Waals surface area (Å²) < 4.78 is 9.95. The highest BCUT2D eigenvalue weighted by Crippen LogP contribution is 2.26. The molecule has 0 bridgehead atoms. The third-order valence-electron chi connectivity index (χ3n) is 5.58. The number of pyridine rings is 1. The van der Waals surface area contributed by atoms with Crippen molar-refractivity contribution in [1.29, 1.82) is 0 Å². The van der Waals surface area contributed by atoms with E-state index >= 15 is 0 Å². The largest absolute Gasteiger partial charge is 0.376 e. The maximum Gasteiger partial charge on any atom is 0.192 e. The van der Waals surface area contributed by atoms with Gasteiger partial charge in [0.1, 0.15) is 0 Å². The average molecular weight is 438 g/mol. The second kappa shape index (κ2) is 9.62. The van der Waals surface area contributed by atoms with Crippen molar-refractivity contribution in [3.63, 3.8) is 0 Å². The van der Waals surface area contributed by atoms with Gasteiger partial charge in [-0.15, -0.1) is 16.8 Å². The highest BCUT2D eigenvalue weighted by molar-refractivity contribution is 7.99. The zero-order valence-corrected chi connectivity index (χ0v) is 18.8. The van der Waals surface area contributed by atoms with Crippen LogP contribution in [-0.4, -0.2) is 48.6 Å². The summed E-state index contributed by atoms with van der Waals surface area (Å²) in [6.45, 7) is 10.1. The van der Waals surface area contributed by atoms with E-state index in [4.69, 9.17) is 4.74 Å². The summed E-state index contributed by atoms with van der Waals surface area (Å²) in [5.41, 5.74) is 3.80. The van der Waals surface area contributed by atoms with Crippen LogP contribution in [0.1, 0.15) is 34.6 Å². The predicted octanol–water partition coefficient (Wildman–Crippen LogP) is 4.10. The second-order valence-corrected chi connectivity index (χ2v) is 8.63. The maximum atomic E-state index is 13.0. The Labute approximate surface area is 186 Å². The lowest BCUT2D eigenvalue weighted by molar-refractivity contribution is 0.0957. The van der Waals surface area contributed by atoms with Crippen molar-refractivity contribution in [2.75, 3.05) is 12.4 Å². The summed E-state index contributed by atoms with van der Waals surface area (Å²) in [6.07, 6.45) is 7.69. The Bertz CT molecular complexity index is 1070. The van der Waals surface area contributed by atoms with Gasteiger partial charge in [-0.05, 0) is 44.9 Å². The molecule has 1 aliphatic heterocycles. The minimum Gasteiger partial charge on any atom is -0.376 e. The van der Waals surface area contributed by atoms with Crippen molar-refractivity contribution < 1.29 is 9.53 Å². The Morgan fingerprint density at radius 2 is 2.10 bits per heavy atom. The first-order valence-electron chi connectivity index (χ1n) is 10.5. The molecule has 0 radical (unpaired) electrons. The molecule has 0 aliphatic carbocycles. The fraction of sp³-hybridized carbons (Fsp3) is 0.391. The Morgan fingerprint density at radius 1 is 1.29 bits per heavy atom. The van der Waals surface area contributed by atoms with Gasteiger partial charge < -0.3 is 9.30 Å². The molecular formula is C23H27N5O2S. The van der Waals surface area contributed by atoms with Crippen LogP contribution in [0, 0.1) is 13.8 Å². The standard InChI is InChI=1S/C23H27N5O2S/c1-4-11-27-22(18-7-9-24-10-8-18)25-26-23(27)31-15-21(29)20-13-16(2)28(17(20)3)14-19-6-5-12-30-19/h4,7-10,13,19H,1,5-6,11-12,14-15H2,2-3H3. The molecule has 4 rings (SSSR count). The van der Waals surface area contributed by atoms with Crippen molar-refractivity contribution >= 4 is 17.5 Å². The minimum absolute atomic E-state index is 0.0929. The number of thioether (sulfide) groups is 1. The third kappa shape index (κ3) is 4.65. The number of nitrogens with zero attached hydrogens (tertiary/aromatic N) is 5. The van der Waals surface area contributed by atoms with Crippen molar-refractivity contribution in [1.82, 2.24) is 24.3 Å². The van der Waals surface area contributed by atoms with Gasteiger partial charge in [0, 0.05) is 54.6 Å². The van der Waals surface area contributed by atoms with Gasteiger partial charge in [-0.3, -0.25) is 14.3 Å². The molecule has 8 heteroatoms. The Kier molecular flexibility index (Phi) is 6.67. The molecule has 1 unspecified atom stereocenters. The lowest BCUT2D eigenvalue weighted by Crippen LogP contribution is -2.17. The molecule has 0 spiro atoms. The van der Waals surface area contributed by atoms with Gasteiger partial charge in [0.15, 0.2) is 16.8 Å². The number of ether oxygens (including phenoxy) is 1. The molecule has 1 aliphatic rings. The van der Waals surface area contributed by atoms with Gasteiger partial charge in [0.05, 0.1) is 11.9 Å². The van der Waals surface area contributed by atoms with E-state index in [1.165, 1.54) is 11.8 Å². The Morgan fingerprint density at radius 3 is 2.81 bits per heavy atom. The highest BCUT2D eigenvalue weighted by Gasteiger charge is 2.22. The Balaban J connectivity index is 1.49. The van der Waals surface area contributed by atoms with Crippen LogP contribution < -0.4 is 0 Å². The van der Waals surface area contributed by atoms with Crippen LogP contribution >= 0.6 is 11.8 Å². The number of ketones is 1. The summed E-state index contributed by atoms with van der Waals surface area (Å²) >= 11 is 1.40. The molecule has 1 atom stereocenters. The zero-order valence-electron chi connectivity index (χ0n) is 18.0. The second-order valence-electron chi connectivity index (χ2n) is 7.68. The SMILES string of the molecule is C=CCn1c(SCC(=O)c2cc(C)n(CC3CCCO3)c2C)nnc1-c1ccncc1. The van der Waals surface area contributed by atoms with Crippen LogP contribution in [0.5, 0.6) is 0 Å². The molecule has 1 fully saturated rings. The normalized spacial score (nSPS) is 16.0. The summed E-state index contributed by atoms with van der Waals surface area (Å²) in [5.74, 6) is 1.14. The van der Waals surface area contributed by atoms with E-state index in [0.29, 0.717) is 17.5 Å². The molecule has 31 heavy (non-hydrogen) atoms. The number of carbonyl (C=O) groups is 1. The molecular weight excluding hydrogens is 410 g/mol. The zero-order chi connectivity index (χ0) is 21.8. The number of carbonyl (C=O) groups excluding carboxylic acids is 1. The maximum absolute atomic E-state index is 13.0. The first-order chi connectivity index (χ1) is 15.1. The van der Waals surface area contributed by atoms with Gasteiger partial charge in [-0.2, -0.15) is 0 Å². The van der Waals surface area contributed by atoms with Crippen molar-refractivity contribution in [3.8, 4) is 11.4 Å². The minimum atomic E-state index is 0.0929. The molecule has 3 aromatic rings. The van der Waals surface area contributed by atoms with Gasteiger partial charge >= 0.3 is 0 Å². The topological polar surface area (TPSA) is 74.8 Å². The number of Topliss-reactive ketones (excluding diaryl/α,β-unsaturated/α-hetero) is 1. The summed E-state index contributed by atoms with van der Waals surface area (Å²) in [7, 11) is 0. The summed E-state index contributed by atoms with van der Waals surface area (Å²) in [6, 6.07) is 5.78. The number of aromatic nitrogens is 5. The van der Waals surface area contributed by atoms with E-state index in [1.807, 2.05) is 36.6 Å². The first-order valence-corrected chi connectivity index (χ1v) is 11.5. The number of rotatable bonds is 9. The van der Waals surface area contributed by atoms with E-state index in [1.54, 1.807) is 18.5 Å². The van der Waals surface area contributed by atoms with E-state index in [9.17, 15) is 4.79 Å². The van der Waals surface area contributed by atoms with Crippen molar-refractivity contribution in [2.24, 2.45) is 0 Å². The average Bonchev–Trinajstić information content (AvgIpc) is 3.50. The number of hydrogen-bond acceptors (Lipinski definition) is 6. The molecule has 0 N–H and O–H groups in total. The van der Waals surface area contributed by atoms with Crippen LogP contribution in [0.3, 0.4) is 0 Å². The van der Waals surface area contributed by atoms with Gasteiger partial charge in [0.2, 0.25) is 0 Å². The van der Waals surface area contributed by atoms with Crippen LogP contribution in [0.4, 0.5) is 0 Å². The van der Waals surface area contributed by atoms with Crippen LogP contribution in [0.25, 0.3) is 11.4 Å². The van der Waals surface area contributed by atoms with Crippen molar-refractivity contribution in [2.45, 2.75) is 51.0 Å². The molecule has 1 saturated heterocycles. The predicted molar refractivity (Wildman–Crippen MR) is 121 cm³/mol. The van der Waals surface area contributed by atoms with Crippen LogP contribution in [-0.2, 0) is 17.8 Å². The summed E-state index contributed by atoms with van der Waals surface area (Å²) in [5, 5.41) is 9.36. The molecule has 0 amide bonds. The van der Waals surface area contributed by atoms with E-state index in [2.05, 4.69) is 26.3 Å². The van der Waals surface area contributed by atoms with E-state index in [-0.39, 0.29) is 11.9 Å². The molecule has 0 saturated carbocycles. The van der Waals surface area contributed by atoms with Gasteiger partial charge in [-0.1, -0.05) is 17.8 Å². The van der Waals surface area contributed by atoms with E-state index in [0.717, 1.165) is 54.3 Å². The monoisotopic (exact) mass is 437 g/mol. The number of hydrogen-bond donors (Lipinski definition) is 0. The van der Waals surface area contributed by atoms with Crippen LogP contribution in [0.15, 0.2) is 48.4 Å². The quantitative estimate of drug-likeness (QED) is 0.285. The van der Waals surface area contributed by atoms with Crippen LogP contribution in [0.2, 0.25) is 0 Å². The first kappa shape index (κ1) is 21.5. The third-order valence-corrected chi connectivity index (χ3v) is 6.55. The fourth-order valence-electron chi connectivity index (χ4n) is 3.97. The fourth-order valence-corrected chi connectivity index (χ4v) is 4.80. The van der Waals surface area contributed by atoms with E-state index < -0.39 is 0 Å². The van der Waals surface area contributed by atoms with Gasteiger partial charge in [0.25, 0.3) is 0 Å².